The van der Waals surface area contributed by atoms with Crippen molar-refractivity contribution >= 4 is 40.0 Å². The number of anilines is 2. The topological polar surface area (TPSA) is 118 Å². The highest BCUT2D eigenvalue weighted by atomic mass is 19.1. The van der Waals surface area contributed by atoms with Gasteiger partial charge in [0.2, 0.25) is 5.95 Å². The van der Waals surface area contributed by atoms with Gasteiger partial charge in [0.25, 0.3) is 0 Å². The van der Waals surface area contributed by atoms with Gasteiger partial charge in [-0.05, 0) is 12.5 Å². The Balaban J connectivity index is 1.98. The molecule has 2 N–H and O–H groups in total. The predicted molar refractivity (Wildman–Crippen MR) is 109 cm³/mol. The van der Waals surface area contributed by atoms with E-state index in [1.165, 1.54) is 12.1 Å². The van der Waals surface area contributed by atoms with E-state index in [4.69, 9.17) is 4.74 Å². The molecule has 2 aromatic rings. The van der Waals surface area contributed by atoms with Gasteiger partial charge in [0.15, 0.2) is 11.5 Å². The molecule has 9 nitrogen and oxygen atoms in total. The van der Waals surface area contributed by atoms with Gasteiger partial charge in [0, 0.05) is 25.7 Å². The minimum absolute atomic E-state index is 0.0815. The van der Waals surface area contributed by atoms with Crippen LogP contribution < -0.4 is 10.2 Å². The van der Waals surface area contributed by atoms with E-state index >= 15 is 0 Å². The number of allylic oxidation sites excluding steroid dienone is 2. The van der Waals surface area contributed by atoms with Crippen molar-refractivity contribution in [2.45, 2.75) is 19.5 Å². The number of carbonyl (C=O) groups is 2. The molecule has 0 amide bonds. The van der Waals surface area contributed by atoms with Crippen LogP contribution in [0, 0.1) is 5.92 Å². The van der Waals surface area contributed by atoms with Crippen molar-refractivity contribution in [1.82, 2.24) is 15.0 Å². The van der Waals surface area contributed by atoms with Gasteiger partial charge in [-0.2, -0.15) is 0 Å². The highest BCUT2D eigenvalue weighted by molar-refractivity contribution is 6.24. The zero-order chi connectivity index (χ0) is 21.4. The summed E-state index contributed by atoms with van der Waals surface area (Å²) in [6.45, 7) is 3.75. The molecule has 1 aliphatic heterocycles. The number of nitrogens with one attached hydrogen (secondary N) is 1. The lowest BCUT2D eigenvalue weighted by molar-refractivity contribution is -0.119. The fourth-order valence-electron chi connectivity index (χ4n) is 3.65. The maximum Gasteiger partial charge on any atom is 0.354 e. The number of alkyl halides is 1. The first-order chi connectivity index (χ1) is 14.4. The van der Waals surface area contributed by atoms with E-state index in [0.29, 0.717) is 43.5 Å². The van der Waals surface area contributed by atoms with Crippen LogP contribution in [0.1, 0.15) is 29.5 Å². The van der Waals surface area contributed by atoms with Crippen molar-refractivity contribution < 1.29 is 23.8 Å². The number of nitrogens with zero attached hydrogens (tertiary/aromatic N) is 4. The Kier molecular flexibility index (Phi) is 5.33. The van der Waals surface area contributed by atoms with Gasteiger partial charge in [-0.3, -0.25) is 4.79 Å². The molecular weight excluding hydrogens is 393 g/mol. The number of fused-ring (bicyclic) bond motifs is 1. The third kappa shape index (κ3) is 3.47. The van der Waals surface area contributed by atoms with Gasteiger partial charge < -0.3 is 20.1 Å². The van der Waals surface area contributed by atoms with E-state index in [-0.39, 0.29) is 34.7 Å². The Bertz CT molecular complexity index is 1050. The molecule has 4 rings (SSSR count). The molecule has 0 saturated carbocycles. The first-order valence-corrected chi connectivity index (χ1v) is 9.76. The zero-order valence-electron chi connectivity index (χ0n) is 16.7. The largest absolute Gasteiger partial charge is 0.477 e. The summed E-state index contributed by atoms with van der Waals surface area (Å²) in [5.41, 5.74) is 1.32. The van der Waals surface area contributed by atoms with E-state index in [2.05, 4.69) is 20.3 Å². The summed E-state index contributed by atoms with van der Waals surface area (Å²) >= 11 is 0. The van der Waals surface area contributed by atoms with Gasteiger partial charge in [-0.25, -0.2) is 24.1 Å². The number of ketones is 1. The summed E-state index contributed by atoms with van der Waals surface area (Å²) in [6.07, 6.45) is 0.341. The van der Waals surface area contributed by atoms with Crippen LogP contribution in [0.3, 0.4) is 0 Å². The highest BCUT2D eigenvalue weighted by Crippen LogP contribution is 2.34. The summed E-state index contributed by atoms with van der Waals surface area (Å²) in [5, 5.41) is 12.4. The molecule has 1 fully saturated rings. The number of hydrogen-bond acceptors (Lipinski definition) is 8. The number of rotatable bonds is 4. The van der Waals surface area contributed by atoms with Crippen LogP contribution in [0.4, 0.5) is 16.0 Å². The number of Topliss-reactive ketones (excluding diaryl/α,β-unsaturated/α-hetero) is 1. The Hall–Kier alpha value is -3.14. The lowest BCUT2D eigenvalue weighted by Crippen LogP contribution is -2.37. The fraction of sp³-hybridized carbons (Fsp3) is 0.450. The molecule has 2 unspecified atom stereocenters. The maximum atomic E-state index is 14.1. The molecule has 0 aromatic carbocycles. The molecule has 2 atom stereocenters. The van der Waals surface area contributed by atoms with Crippen LogP contribution in [0.5, 0.6) is 0 Å². The number of morpholine rings is 1. The fourth-order valence-corrected chi connectivity index (χ4v) is 3.65. The van der Waals surface area contributed by atoms with Crippen molar-refractivity contribution in [1.29, 1.82) is 0 Å². The number of carboxylic acids is 1. The van der Waals surface area contributed by atoms with Crippen LogP contribution >= 0.6 is 0 Å². The Labute approximate surface area is 172 Å². The molecule has 0 bridgehead atoms. The monoisotopic (exact) mass is 415 g/mol. The average Bonchev–Trinajstić information content (AvgIpc) is 2.76. The van der Waals surface area contributed by atoms with E-state index in [9.17, 15) is 19.1 Å². The highest BCUT2D eigenvalue weighted by Gasteiger charge is 2.33. The van der Waals surface area contributed by atoms with E-state index in [1.54, 1.807) is 14.0 Å². The van der Waals surface area contributed by atoms with Crippen LogP contribution in [-0.4, -0.2) is 71.3 Å². The summed E-state index contributed by atoms with van der Waals surface area (Å²) in [5.74, 6) is -2.01. The van der Waals surface area contributed by atoms with E-state index in [1.807, 2.05) is 4.90 Å². The van der Waals surface area contributed by atoms with Crippen molar-refractivity contribution in [3.8, 4) is 0 Å². The molecule has 3 heterocycles. The molecule has 1 aliphatic carbocycles. The third-order valence-electron chi connectivity index (χ3n) is 5.45. The smallest absolute Gasteiger partial charge is 0.354 e. The molecule has 10 heteroatoms. The standard InChI is InChI=1S/C20H22FN5O4/c1-10-12(21)4-3-11(18(10)27)15-17-16(13(22-2)9-14(23-17)19(28)29)25-20(24-15)26-5-7-30-8-6-26/h3,9-10,12H,4-8H2,1-2H3,(H,22,23)(H,28,29). The molecular formula is C20H22FN5O4. The molecule has 1 saturated heterocycles. The molecule has 30 heavy (non-hydrogen) atoms. The average molecular weight is 415 g/mol. The Morgan fingerprint density at radius 1 is 1.27 bits per heavy atom. The summed E-state index contributed by atoms with van der Waals surface area (Å²) in [6, 6.07) is 1.39. The predicted octanol–water partition coefficient (Wildman–Crippen LogP) is 1.93. The van der Waals surface area contributed by atoms with Crippen molar-refractivity contribution in [3.63, 3.8) is 0 Å². The van der Waals surface area contributed by atoms with Crippen molar-refractivity contribution in [2.24, 2.45) is 5.92 Å². The quantitative estimate of drug-likeness (QED) is 0.772. The van der Waals surface area contributed by atoms with E-state index < -0.39 is 18.1 Å². The molecule has 0 spiro atoms. The van der Waals surface area contributed by atoms with E-state index in [0.717, 1.165) is 0 Å². The maximum absolute atomic E-state index is 14.1. The molecule has 0 radical (unpaired) electrons. The molecule has 2 aliphatic rings. The number of aromatic carboxylic acids is 1. The van der Waals surface area contributed by atoms with Crippen LogP contribution in [0.25, 0.3) is 16.6 Å². The number of hydrogen-bond donors (Lipinski definition) is 2. The normalized spacial score (nSPS) is 22.2. The number of aromatic nitrogens is 3. The minimum Gasteiger partial charge on any atom is -0.477 e. The van der Waals surface area contributed by atoms with Gasteiger partial charge in [0.05, 0.1) is 24.8 Å². The number of ether oxygens (including phenoxy) is 1. The Morgan fingerprint density at radius 2 is 2.00 bits per heavy atom. The second kappa shape index (κ2) is 7.94. The number of halogens is 1. The third-order valence-corrected chi connectivity index (χ3v) is 5.45. The summed E-state index contributed by atoms with van der Waals surface area (Å²) < 4.78 is 19.5. The van der Waals surface area contributed by atoms with Crippen molar-refractivity contribution in [3.05, 3.63) is 23.5 Å². The zero-order valence-corrected chi connectivity index (χ0v) is 16.7. The lowest BCUT2D eigenvalue weighted by atomic mass is 9.85. The molecule has 158 valence electrons. The van der Waals surface area contributed by atoms with Gasteiger partial charge in [0.1, 0.15) is 22.9 Å². The number of pyridine rings is 1. The SMILES string of the molecule is CNc1cc(C(=O)O)nc2c(C3=CCC(F)C(C)C3=O)nc(N3CCOCC3)nc12. The second-order valence-electron chi connectivity index (χ2n) is 7.30. The number of carboxylic acid groups (broad SMARTS) is 1. The summed E-state index contributed by atoms with van der Waals surface area (Å²) in [7, 11) is 1.65. The van der Waals surface area contributed by atoms with Crippen LogP contribution in [-0.2, 0) is 9.53 Å². The second-order valence-corrected chi connectivity index (χ2v) is 7.30. The first kappa shape index (κ1) is 20.1. The van der Waals surface area contributed by atoms with Gasteiger partial charge >= 0.3 is 5.97 Å². The number of carbonyl (C=O) groups excluding carboxylic acids is 1. The van der Waals surface area contributed by atoms with Crippen LogP contribution in [0.2, 0.25) is 0 Å². The summed E-state index contributed by atoms with van der Waals surface area (Å²) in [4.78, 5) is 39.8. The minimum atomic E-state index is -1.26. The first-order valence-electron chi connectivity index (χ1n) is 9.76. The van der Waals surface area contributed by atoms with Crippen molar-refractivity contribution in [2.75, 3.05) is 43.6 Å². The van der Waals surface area contributed by atoms with Gasteiger partial charge in [-0.1, -0.05) is 13.0 Å². The molecule has 2 aromatic heterocycles. The lowest BCUT2D eigenvalue weighted by Gasteiger charge is -2.28. The van der Waals surface area contributed by atoms with Crippen LogP contribution in [0.15, 0.2) is 12.1 Å². The Morgan fingerprint density at radius 3 is 2.67 bits per heavy atom. The van der Waals surface area contributed by atoms with Gasteiger partial charge in [-0.15, -0.1) is 0 Å².